The molecule has 0 saturated carbocycles. The van der Waals surface area contributed by atoms with Gasteiger partial charge in [0.1, 0.15) is 4.88 Å². The minimum absolute atomic E-state index is 0.0195. The molecule has 0 fully saturated rings. The van der Waals surface area contributed by atoms with Crippen LogP contribution in [0.4, 0.5) is 5.13 Å². The fourth-order valence-electron chi connectivity index (χ4n) is 1.55. The number of anilines is 1. The number of nitrogens with one attached hydrogen (secondary N) is 1. The number of halogens is 2. The number of amides is 1. The largest absolute Gasteiger partial charge is 0.465 e. The van der Waals surface area contributed by atoms with E-state index in [1.165, 1.54) is 13.3 Å². The monoisotopic (exact) mass is 344 g/mol. The second-order valence-electron chi connectivity index (χ2n) is 3.95. The number of benzene rings is 1. The number of carbonyl (C=O) groups is 2. The second kappa shape index (κ2) is 6.89. The van der Waals surface area contributed by atoms with E-state index in [9.17, 15) is 9.59 Å². The van der Waals surface area contributed by atoms with Crippen LogP contribution in [0.2, 0.25) is 10.0 Å². The molecule has 2 rings (SSSR count). The highest BCUT2D eigenvalue weighted by Crippen LogP contribution is 2.25. The molecule has 0 aliphatic carbocycles. The first-order valence-electron chi connectivity index (χ1n) is 5.78. The highest BCUT2D eigenvalue weighted by Gasteiger charge is 2.14. The Morgan fingerprint density at radius 2 is 2.00 bits per heavy atom. The Balaban J connectivity index is 2.05. The first-order valence-corrected chi connectivity index (χ1v) is 7.35. The fraction of sp³-hybridized carbons (Fsp3) is 0.154. The Morgan fingerprint density at radius 3 is 2.62 bits per heavy atom. The van der Waals surface area contributed by atoms with E-state index in [-0.39, 0.29) is 12.3 Å². The Bertz CT molecular complexity index is 668. The van der Waals surface area contributed by atoms with Crippen molar-refractivity contribution in [2.45, 2.75) is 6.42 Å². The lowest BCUT2D eigenvalue weighted by Crippen LogP contribution is -2.14. The van der Waals surface area contributed by atoms with Crippen molar-refractivity contribution in [3.63, 3.8) is 0 Å². The zero-order chi connectivity index (χ0) is 15.4. The number of ether oxygens (including phenoxy) is 1. The van der Waals surface area contributed by atoms with Gasteiger partial charge >= 0.3 is 5.97 Å². The Kier molecular flexibility index (Phi) is 5.17. The Morgan fingerprint density at radius 1 is 1.33 bits per heavy atom. The maximum Gasteiger partial charge on any atom is 0.349 e. The SMILES string of the molecule is COC(=O)c1cnc(NC(=O)Cc2c(Cl)cccc2Cl)s1. The maximum atomic E-state index is 12.0. The third-order valence-electron chi connectivity index (χ3n) is 2.54. The molecule has 0 saturated heterocycles. The number of methoxy groups -OCH3 is 1. The predicted octanol–water partition coefficient (Wildman–Crippen LogP) is 3.42. The maximum absolute atomic E-state index is 12.0. The van der Waals surface area contributed by atoms with Crippen LogP contribution in [0.15, 0.2) is 24.4 Å². The summed E-state index contributed by atoms with van der Waals surface area (Å²) in [5, 5.41) is 3.74. The summed E-state index contributed by atoms with van der Waals surface area (Å²) in [4.78, 5) is 27.5. The topological polar surface area (TPSA) is 68.3 Å². The fourth-order valence-corrected chi connectivity index (χ4v) is 2.83. The lowest BCUT2D eigenvalue weighted by atomic mass is 10.1. The van der Waals surface area contributed by atoms with E-state index in [0.717, 1.165) is 11.3 Å². The molecular weight excluding hydrogens is 335 g/mol. The average molecular weight is 345 g/mol. The third-order valence-corrected chi connectivity index (χ3v) is 4.14. The van der Waals surface area contributed by atoms with Crippen LogP contribution < -0.4 is 5.32 Å². The van der Waals surface area contributed by atoms with E-state index in [1.807, 2.05) is 0 Å². The lowest BCUT2D eigenvalue weighted by Gasteiger charge is -2.06. The van der Waals surface area contributed by atoms with Crippen molar-refractivity contribution in [1.29, 1.82) is 0 Å². The molecular formula is C13H10Cl2N2O3S. The number of nitrogens with zero attached hydrogens (tertiary/aromatic N) is 1. The number of esters is 1. The van der Waals surface area contributed by atoms with Crippen molar-refractivity contribution in [3.8, 4) is 0 Å². The van der Waals surface area contributed by atoms with Crippen LogP contribution in [0.3, 0.4) is 0 Å². The molecule has 8 heteroatoms. The number of aromatic nitrogens is 1. The second-order valence-corrected chi connectivity index (χ2v) is 5.79. The number of carbonyl (C=O) groups excluding carboxylic acids is 2. The standard InChI is InChI=1S/C13H10Cl2N2O3S/c1-20-12(19)10-6-16-13(21-10)17-11(18)5-7-8(14)3-2-4-9(7)15/h2-4,6H,5H2,1H3,(H,16,17,18). The Labute approximate surface area is 134 Å². The zero-order valence-corrected chi connectivity index (χ0v) is 13.2. The molecule has 0 spiro atoms. The van der Waals surface area contributed by atoms with Crippen LogP contribution in [0.5, 0.6) is 0 Å². The first kappa shape index (κ1) is 15.8. The molecule has 1 N–H and O–H groups in total. The predicted molar refractivity (Wildman–Crippen MR) is 82.2 cm³/mol. The smallest absolute Gasteiger partial charge is 0.349 e. The van der Waals surface area contributed by atoms with Gasteiger partial charge in [-0.15, -0.1) is 0 Å². The summed E-state index contributed by atoms with van der Waals surface area (Å²) in [6.07, 6.45) is 1.36. The van der Waals surface area contributed by atoms with Crippen LogP contribution in [0.25, 0.3) is 0 Å². The molecule has 0 atom stereocenters. The van der Waals surface area contributed by atoms with E-state index in [0.29, 0.717) is 25.6 Å². The third kappa shape index (κ3) is 3.93. The van der Waals surface area contributed by atoms with Crippen LogP contribution >= 0.6 is 34.5 Å². The average Bonchev–Trinajstić information content (AvgIpc) is 2.90. The van der Waals surface area contributed by atoms with E-state index in [1.54, 1.807) is 18.2 Å². The molecule has 0 bridgehead atoms. The first-order chi connectivity index (χ1) is 10.0. The summed E-state index contributed by atoms with van der Waals surface area (Å²) >= 11 is 13.0. The Hall–Kier alpha value is -1.63. The number of rotatable bonds is 4. The molecule has 1 amide bonds. The van der Waals surface area contributed by atoms with Crippen LogP contribution in [-0.2, 0) is 16.0 Å². The van der Waals surface area contributed by atoms with E-state index < -0.39 is 5.97 Å². The van der Waals surface area contributed by atoms with Crippen molar-refractivity contribution in [1.82, 2.24) is 4.98 Å². The zero-order valence-electron chi connectivity index (χ0n) is 10.9. The molecule has 110 valence electrons. The summed E-state index contributed by atoms with van der Waals surface area (Å²) in [6, 6.07) is 5.03. The molecule has 0 aliphatic rings. The molecule has 2 aromatic rings. The highest BCUT2D eigenvalue weighted by atomic mass is 35.5. The van der Waals surface area contributed by atoms with Crippen LogP contribution in [0.1, 0.15) is 15.2 Å². The van der Waals surface area contributed by atoms with Crippen molar-refractivity contribution in [2.24, 2.45) is 0 Å². The van der Waals surface area contributed by atoms with Crippen molar-refractivity contribution in [2.75, 3.05) is 12.4 Å². The van der Waals surface area contributed by atoms with Gasteiger partial charge in [-0.2, -0.15) is 0 Å². The van der Waals surface area contributed by atoms with Gasteiger partial charge in [0.2, 0.25) is 5.91 Å². The summed E-state index contributed by atoms with van der Waals surface area (Å²) in [6.45, 7) is 0. The molecule has 1 heterocycles. The van der Waals surface area contributed by atoms with Gasteiger partial charge in [-0.3, -0.25) is 4.79 Å². The van der Waals surface area contributed by atoms with Crippen molar-refractivity contribution in [3.05, 3.63) is 44.9 Å². The molecule has 0 radical (unpaired) electrons. The summed E-state index contributed by atoms with van der Waals surface area (Å²) in [7, 11) is 1.28. The van der Waals surface area contributed by atoms with Crippen molar-refractivity contribution >= 4 is 51.5 Å². The lowest BCUT2D eigenvalue weighted by molar-refractivity contribution is -0.115. The highest BCUT2D eigenvalue weighted by molar-refractivity contribution is 7.17. The molecule has 0 aliphatic heterocycles. The van der Waals surface area contributed by atoms with E-state index >= 15 is 0 Å². The molecule has 1 aromatic heterocycles. The number of hydrogen-bond acceptors (Lipinski definition) is 5. The normalized spacial score (nSPS) is 10.2. The molecule has 21 heavy (non-hydrogen) atoms. The van der Waals surface area contributed by atoms with Crippen molar-refractivity contribution < 1.29 is 14.3 Å². The van der Waals surface area contributed by atoms with Gasteiger partial charge in [-0.05, 0) is 17.7 Å². The summed E-state index contributed by atoms with van der Waals surface area (Å²) in [5.74, 6) is -0.821. The van der Waals surface area contributed by atoms with Gasteiger partial charge in [-0.1, -0.05) is 40.6 Å². The quantitative estimate of drug-likeness (QED) is 0.862. The van der Waals surface area contributed by atoms with Gasteiger partial charge in [0.25, 0.3) is 0 Å². The van der Waals surface area contributed by atoms with Gasteiger partial charge in [0.05, 0.1) is 19.7 Å². The van der Waals surface area contributed by atoms with E-state index in [4.69, 9.17) is 23.2 Å². The molecule has 5 nitrogen and oxygen atoms in total. The van der Waals surface area contributed by atoms with Crippen LogP contribution in [0, 0.1) is 0 Å². The van der Waals surface area contributed by atoms with Gasteiger partial charge < -0.3 is 10.1 Å². The van der Waals surface area contributed by atoms with Gasteiger partial charge in [-0.25, -0.2) is 9.78 Å². The molecule has 1 aromatic carbocycles. The minimum Gasteiger partial charge on any atom is -0.465 e. The van der Waals surface area contributed by atoms with Gasteiger partial charge in [0, 0.05) is 10.0 Å². The summed E-state index contributed by atoms with van der Waals surface area (Å²) in [5.41, 5.74) is 0.545. The molecule has 0 unspecified atom stereocenters. The van der Waals surface area contributed by atoms with Gasteiger partial charge in [0.15, 0.2) is 5.13 Å². The number of hydrogen-bond donors (Lipinski definition) is 1. The number of thiazole rings is 1. The minimum atomic E-state index is -0.498. The summed E-state index contributed by atoms with van der Waals surface area (Å²) < 4.78 is 4.57. The van der Waals surface area contributed by atoms with Crippen LogP contribution in [-0.4, -0.2) is 24.0 Å². The van der Waals surface area contributed by atoms with E-state index in [2.05, 4.69) is 15.0 Å².